The minimum Gasteiger partial charge on any atom is -0.393 e. The summed E-state index contributed by atoms with van der Waals surface area (Å²) in [6, 6.07) is 4.67. The molecule has 1 saturated heterocycles. The first-order valence-electron chi connectivity index (χ1n) is 7.32. The van der Waals surface area contributed by atoms with Gasteiger partial charge in [0.2, 0.25) is 0 Å². The first-order chi connectivity index (χ1) is 11.4. The summed E-state index contributed by atoms with van der Waals surface area (Å²) in [6.45, 7) is 2.51. The molecule has 0 atom stereocenters. The van der Waals surface area contributed by atoms with E-state index in [1.54, 1.807) is 0 Å². The average Bonchev–Trinajstić information content (AvgIpc) is 2.57. The molecule has 2 aromatic rings. The lowest BCUT2D eigenvalue weighted by Gasteiger charge is -2.29. The number of alkyl halides is 3. The van der Waals surface area contributed by atoms with Crippen molar-refractivity contribution in [2.24, 2.45) is 0 Å². The van der Waals surface area contributed by atoms with Crippen LogP contribution in [0.15, 0.2) is 30.6 Å². The summed E-state index contributed by atoms with van der Waals surface area (Å²) in [7, 11) is 0. The Bertz CT molecular complexity index is 699. The van der Waals surface area contributed by atoms with Crippen molar-refractivity contribution >= 4 is 23.0 Å². The number of hydrogen-bond acceptors (Lipinski definition) is 6. The Morgan fingerprint density at radius 2 is 1.75 bits per heavy atom. The lowest BCUT2D eigenvalue weighted by Crippen LogP contribution is -2.37. The number of halogens is 3. The summed E-state index contributed by atoms with van der Waals surface area (Å²) in [5, 5.41) is 2.93. The molecule has 0 amide bonds. The fourth-order valence-electron chi connectivity index (χ4n) is 2.39. The van der Waals surface area contributed by atoms with Crippen LogP contribution in [-0.2, 0) is 10.9 Å². The Morgan fingerprint density at radius 3 is 2.38 bits per heavy atom. The molecule has 1 fully saturated rings. The van der Waals surface area contributed by atoms with Gasteiger partial charge in [0.05, 0.1) is 18.8 Å². The molecule has 1 aromatic carbocycles. The van der Waals surface area contributed by atoms with Gasteiger partial charge in [0.25, 0.3) is 0 Å². The molecule has 2 heterocycles. The summed E-state index contributed by atoms with van der Waals surface area (Å²) in [4.78, 5) is 10.3. The number of nitrogens with two attached hydrogens (primary N) is 1. The van der Waals surface area contributed by atoms with Crippen LogP contribution in [0.4, 0.5) is 36.2 Å². The zero-order chi connectivity index (χ0) is 17.2. The quantitative estimate of drug-likeness (QED) is 0.895. The highest BCUT2D eigenvalue weighted by molar-refractivity contribution is 5.78. The van der Waals surface area contributed by atoms with Gasteiger partial charge in [0, 0.05) is 18.8 Å². The van der Waals surface area contributed by atoms with Crippen molar-refractivity contribution in [2.75, 3.05) is 42.3 Å². The van der Waals surface area contributed by atoms with Crippen LogP contribution < -0.4 is 16.0 Å². The molecule has 1 aromatic heterocycles. The fourth-order valence-corrected chi connectivity index (χ4v) is 2.39. The topological polar surface area (TPSA) is 76.3 Å². The van der Waals surface area contributed by atoms with Crippen LogP contribution in [0.5, 0.6) is 0 Å². The van der Waals surface area contributed by atoms with Gasteiger partial charge in [-0.05, 0) is 24.3 Å². The van der Waals surface area contributed by atoms with Crippen LogP contribution in [0.1, 0.15) is 5.56 Å². The van der Waals surface area contributed by atoms with E-state index in [0.717, 1.165) is 12.1 Å². The minimum absolute atomic E-state index is 0.347. The van der Waals surface area contributed by atoms with Crippen LogP contribution in [0.2, 0.25) is 0 Å². The summed E-state index contributed by atoms with van der Waals surface area (Å²) in [5.41, 5.74) is 6.21. The van der Waals surface area contributed by atoms with Gasteiger partial charge in [0.1, 0.15) is 12.0 Å². The second-order valence-corrected chi connectivity index (χ2v) is 5.26. The number of nitrogens with one attached hydrogen (secondary N) is 1. The highest BCUT2D eigenvalue weighted by Gasteiger charge is 2.30. The Hall–Kier alpha value is -2.55. The summed E-state index contributed by atoms with van der Waals surface area (Å²) in [6.07, 6.45) is -3.00. The highest BCUT2D eigenvalue weighted by Crippen LogP contribution is 2.32. The van der Waals surface area contributed by atoms with Crippen LogP contribution in [0, 0.1) is 0 Å². The monoisotopic (exact) mass is 339 g/mol. The second kappa shape index (κ2) is 6.52. The molecule has 0 spiro atoms. The zero-order valence-electron chi connectivity index (χ0n) is 12.7. The maximum Gasteiger partial charge on any atom is 0.416 e. The van der Waals surface area contributed by atoms with Gasteiger partial charge < -0.3 is 20.7 Å². The number of rotatable bonds is 3. The smallest absolute Gasteiger partial charge is 0.393 e. The summed E-state index contributed by atoms with van der Waals surface area (Å²) in [5.74, 6) is 0.939. The van der Waals surface area contributed by atoms with Crippen molar-refractivity contribution in [1.82, 2.24) is 9.97 Å². The molecule has 0 bridgehead atoms. The largest absolute Gasteiger partial charge is 0.416 e. The Morgan fingerprint density at radius 1 is 1.08 bits per heavy atom. The molecule has 0 saturated carbocycles. The standard InChI is InChI=1S/C15H16F3N5O/c16-15(17,18)10-1-3-11(4-2-10)22-13-12(19)14(21-9-20-13)23-5-7-24-8-6-23/h1-4,9H,5-8,19H2,(H,20,21,22). The van der Waals surface area contributed by atoms with Crippen LogP contribution in [0.3, 0.4) is 0 Å². The van der Waals surface area contributed by atoms with E-state index < -0.39 is 11.7 Å². The highest BCUT2D eigenvalue weighted by atomic mass is 19.4. The molecule has 0 aliphatic carbocycles. The van der Waals surface area contributed by atoms with Crippen LogP contribution in [-0.4, -0.2) is 36.3 Å². The summed E-state index contributed by atoms with van der Waals surface area (Å²) >= 11 is 0. The van der Waals surface area contributed by atoms with Crippen molar-refractivity contribution in [3.05, 3.63) is 36.2 Å². The van der Waals surface area contributed by atoms with E-state index in [1.807, 2.05) is 4.90 Å². The van der Waals surface area contributed by atoms with Crippen molar-refractivity contribution in [3.63, 3.8) is 0 Å². The predicted octanol–water partition coefficient (Wildman–Crippen LogP) is 2.66. The number of nitrogens with zero attached hydrogens (tertiary/aromatic N) is 3. The first kappa shape index (κ1) is 16.3. The van der Waals surface area contributed by atoms with E-state index in [-0.39, 0.29) is 0 Å². The van der Waals surface area contributed by atoms with E-state index in [2.05, 4.69) is 15.3 Å². The van der Waals surface area contributed by atoms with Gasteiger partial charge in [-0.2, -0.15) is 13.2 Å². The lowest BCUT2D eigenvalue weighted by molar-refractivity contribution is -0.137. The van der Waals surface area contributed by atoms with Gasteiger partial charge >= 0.3 is 6.18 Å². The van der Waals surface area contributed by atoms with Crippen molar-refractivity contribution in [2.45, 2.75) is 6.18 Å². The van der Waals surface area contributed by atoms with Crippen LogP contribution in [0.25, 0.3) is 0 Å². The molecule has 1 aliphatic heterocycles. The van der Waals surface area contributed by atoms with Gasteiger partial charge in [-0.3, -0.25) is 0 Å². The SMILES string of the molecule is Nc1c(Nc2ccc(C(F)(F)F)cc2)ncnc1N1CCOCC1. The van der Waals surface area contributed by atoms with Crippen molar-refractivity contribution in [1.29, 1.82) is 0 Å². The van der Waals surface area contributed by atoms with Crippen molar-refractivity contribution in [3.8, 4) is 0 Å². The number of hydrogen-bond donors (Lipinski definition) is 2. The molecule has 9 heteroatoms. The zero-order valence-corrected chi connectivity index (χ0v) is 12.7. The van der Waals surface area contributed by atoms with E-state index in [0.29, 0.717) is 49.3 Å². The lowest BCUT2D eigenvalue weighted by atomic mass is 10.2. The molecule has 3 N–H and O–H groups in total. The molecule has 3 rings (SSSR count). The van der Waals surface area contributed by atoms with E-state index in [4.69, 9.17) is 10.5 Å². The molecular weight excluding hydrogens is 323 g/mol. The third-order valence-electron chi connectivity index (χ3n) is 3.65. The maximum atomic E-state index is 12.6. The number of benzene rings is 1. The van der Waals surface area contributed by atoms with E-state index >= 15 is 0 Å². The predicted molar refractivity (Wildman–Crippen MR) is 84.2 cm³/mol. The molecule has 0 radical (unpaired) electrons. The Balaban J connectivity index is 1.80. The normalized spacial score (nSPS) is 15.4. The molecule has 24 heavy (non-hydrogen) atoms. The number of anilines is 4. The van der Waals surface area contributed by atoms with E-state index in [1.165, 1.54) is 18.5 Å². The number of morpholine rings is 1. The molecule has 128 valence electrons. The Kier molecular flexibility index (Phi) is 4.43. The number of nitrogen functional groups attached to an aromatic ring is 1. The Labute approximate surface area is 136 Å². The number of ether oxygens (including phenoxy) is 1. The van der Waals surface area contributed by atoms with Crippen molar-refractivity contribution < 1.29 is 17.9 Å². The number of aromatic nitrogens is 2. The first-order valence-corrected chi connectivity index (χ1v) is 7.32. The molecule has 1 aliphatic rings. The molecule has 0 unspecified atom stereocenters. The third-order valence-corrected chi connectivity index (χ3v) is 3.65. The fraction of sp³-hybridized carbons (Fsp3) is 0.333. The van der Waals surface area contributed by atoms with Crippen LogP contribution >= 0.6 is 0 Å². The average molecular weight is 339 g/mol. The second-order valence-electron chi connectivity index (χ2n) is 5.26. The minimum atomic E-state index is -4.37. The van der Waals surface area contributed by atoms with Gasteiger partial charge in [0.15, 0.2) is 11.6 Å². The summed E-state index contributed by atoms with van der Waals surface area (Å²) < 4.78 is 43.1. The van der Waals surface area contributed by atoms with Gasteiger partial charge in [-0.1, -0.05) is 0 Å². The third kappa shape index (κ3) is 3.51. The maximum absolute atomic E-state index is 12.6. The molecule has 6 nitrogen and oxygen atoms in total. The van der Waals surface area contributed by atoms with Gasteiger partial charge in [-0.15, -0.1) is 0 Å². The molecular formula is C15H16F3N5O. The van der Waals surface area contributed by atoms with E-state index in [9.17, 15) is 13.2 Å². The van der Waals surface area contributed by atoms with Gasteiger partial charge in [-0.25, -0.2) is 9.97 Å².